The number of sulfone groups is 1. The molecule has 1 amide bonds. The molecule has 1 unspecified atom stereocenters. The first-order chi connectivity index (χ1) is 14.0. The monoisotopic (exact) mass is 412 g/mol. The van der Waals surface area contributed by atoms with E-state index < -0.39 is 9.84 Å². The summed E-state index contributed by atoms with van der Waals surface area (Å²) in [6.07, 6.45) is 5.43. The Kier molecular flexibility index (Phi) is 5.74. The van der Waals surface area contributed by atoms with Crippen LogP contribution in [-0.4, -0.2) is 63.1 Å². The molecule has 154 valence electrons. The molecule has 0 saturated carbocycles. The van der Waals surface area contributed by atoms with Crippen LogP contribution in [0.3, 0.4) is 0 Å². The Balaban J connectivity index is 1.54. The topological polar surface area (TPSA) is 57.7 Å². The lowest BCUT2D eigenvalue weighted by atomic mass is 9.95. The number of likely N-dealkylation sites (tertiary alicyclic amines) is 2. The SMILES string of the molecule is CS(=O)(=O)c1cc(C2CCN(C[C@@H]3CCCN3C=O)C2)ccc1-c1ccccc1. The third-order valence-corrected chi connectivity index (χ3v) is 7.40. The quantitative estimate of drug-likeness (QED) is 0.684. The van der Waals surface area contributed by atoms with Crippen molar-refractivity contribution in [2.24, 2.45) is 0 Å². The van der Waals surface area contributed by atoms with E-state index in [1.807, 2.05) is 47.4 Å². The van der Waals surface area contributed by atoms with Crippen LogP contribution in [0.15, 0.2) is 53.4 Å². The van der Waals surface area contributed by atoms with Gasteiger partial charge in [0.15, 0.2) is 9.84 Å². The van der Waals surface area contributed by atoms with Gasteiger partial charge in [0.25, 0.3) is 0 Å². The van der Waals surface area contributed by atoms with Crippen molar-refractivity contribution >= 4 is 16.2 Å². The summed E-state index contributed by atoms with van der Waals surface area (Å²) in [6, 6.07) is 15.9. The predicted molar refractivity (Wildman–Crippen MR) is 115 cm³/mol. The average molecular weight is 413 g/mol. The van der Waals surface area contributed by atoms with Crippen LogP contribution in [0.4, 0.5) is 0 Å². The van der Waals surface area contributed by atoms with E-state index in [9.17, 15) is 13.2 Å². The van der Waals surface area contributed by atoms with Gasteiger partial charge in [0, 0.05) is 37.5 Å². The second-order valence-corrected chi connectivity index (χ2v) is 10.3. The molecule has 2 fully saturated rings. The van der Waals surface area contributed by atoms with Gasteiger partial charge >= 0.3 is 0 Å². The zero-order valence-corrected chi connectivity index (χ0v) is 17.6. The molecule has 2 aromatic carbocycles. The second kappa shape index (κ2) is 8.28. The van der Waals surface area contributed by atoms with Crippen LogP contribution in [0.5, 0.6) is 0 Å². The molecular formula is C23H28N2O3S. The first-order valence-corrected chi connectivity index (χ1v) is 12.2. The number of carbonyl (C=O) groups excluding carboxylic acids is 1. The van der Waals surface area contributed by atoms with Crippen molar-refractivity contribution in [1.82, 2.24) is 9.80 Å². The van der Waals surface area contributed by atoms with Crippen molar-refractivity contribution in [2.75, 3.05) is 32.4 Å². The van der Waals surface area contributed by atoms with Crippen molar-refractivity contribution < 1.29 is 13.2 Å². The maximum Gasteiger partial charge on any atom is 0.209 e. The lowest BCUT2D eigenvalue weighted by molar-refractivity contribution is -0.119. The molecule has 2 heterocycles. The van der Waals surface area contributed by atoms with Gasteiger partial charge in [-0.3, -0.25) is 4.79 Å². The minimum absolute atomic E-state index is 0.318. The number of amides is 1. The lowest BCUT2D eigenvalue weighted by Crippen LogP contribution is -2.38. The van der Waals surface area contributed by atoms with Crippen molar-refractivity contribution in [1.29, 1.82) is 0 Å². The van der Waals surface area contributed by atoms with Gasteiger partial charge < -0.3 is 9.80 Å². The minimum atomic E-state index is -3.34. The van der Waals surface area contributed by atoms with Gasteiger partial charge in [-0.2, -0.15) is 0 Å². The van der Waals surface area contributed by atoms with E-state index in [0.717, 1.165) is 68.5 Å². The maximum atomic E-state index is 12.5. The summed E-state index contributed by atoms with van der Waals surface area (Å²) >= 11 is 0. The van der Waals surface area contributed by atoms with Gasteiger partial charge in [0.05, 0.1) is 4.90 Å². The Morgan fingerprint density at radius 2 is 1.86 bits per heavy atom. The summed E-state index contributed by atoms with van der Waals surface area (Å²) in [5.74, 6) is 0.325. The van der Waals surface area contributed by atoms with E-state index in [1.54, 1.807) is 0 Å². The molecule has 0 radical (unpaired) electrons. The molecule has 2 saturated heterocycles. The molecular weight excluding hydrogens is 384 g/mol. The first-order valence-electron chi connectivity index (χ1n) is 10.3. The highest BCUT2D eigenvalue weighted by Crippen LogP contribution is 2.34. The molecule has 0 aromatic heterocycles. The Hall–Kier alpha value is -2.18. The van der Waals surface area contributed by atoms with Gasteiger partial charge in [0.1, 0.15) is 0 Å². The smallest absolute Gasteiger partial charge is 0.209 e. The fraction of sp³-hybridized carbons (Fsp3) is 0.435. The van der Waals surface area contributed by atoms with Crippen molar-refractivity contribution in [2.45, 2.75) is 36.1 Å². The number of nitrogens with zero attached hydrogens (tertiary/aromatic N) is 2. The third kappa shape index (κ3) is 4.38. The van der Waals surface area contributed by atoms with Gasteiger partial charge in [-0.05, 0) is 48.9 Å². The molecule has 2 atom stereocenters. The Bertz CT molecular complexity index is 975. The minimum Gasteiger partial charge on any atom is -0.341 e. The lowest BCUT2D eigenvalue weighted by Gasteiger charge is -2.25. The summed E-state index contributed by atoms with van der Waals surface area (Å²) in [6.45, 7) is 3.68. The highest BCUT2D eigenvalue weighted by Gasteiger charge is 2.30. The van der Waals surface area contributed by atoms with Gasteiger partial charge in [-0.15, -0.1) is 0 Å². The molecule has 2 aliphatic heterocycles. The molecule has 2 aliphatic rings. The van der Waals surface area contributed by atoms with E-state index >= 15 is 0 Å². The zero-order valence-electron chi connectivity index (χ0n) is 16.8. The summed E-state index contributed by atoms with van der Waals surface area (Å²) in [5.41, 5.74) is 2.77. The average Bonchev–Trinajstić information content (AvgIpc) is 3.37. The molecule has 6 heteroatoms. The van der Waals surface area contributed by atoms with Gasteiger partial charge in [-0.25, -0.2) is 8.42 Å². The van der Waals surface area contributed by atoms with Crippen molar-refractivity contribution in [3.63, 3.8) is 0 Å². The fourth-order valence-electron chi connectivity index (χ4n) is 4.72. The number of hydrogen-bond donors (Lipinski definition) is 0. The van der Waals surface area contributed by atoms with Crippen LogP contribution >= 0.6 is 0 Å². The highest BCUT2D eigenvalue weighted by molar-refractivity contribution is 7.90. The summed E-state index contributed by atoms with van der Waals surface area (Å²) in [7, 11) is -3.34. The fourth-order valence-corrected chi connectivity index (χ4v) is 5.65. The molecule has 29 heavy (non-hydrogen) atoms. The van der Waals surface area contributed by atoms with E-state index in [0.29, 0.717) is 16.9 Å². The Morgan fingerprint density at radius 1 is 1.07 bits per heavy atom. The molecule has 2 aromatic rings. The highest BCUT2D eigenvalue weighted by atomic mass is 32.2. The van der Waals surface area contributed by atoms with E-state index in [4.69, 9.17) is 0 Å². The Morgan fingerprint density at radius 3 is 2.59 bits per heavy atom. The first kappa shape index (κ1) is 20.1. The van der Waals surface area contributed by atoms with Crippen LogP contribution in [0.1, 0.15) is 30.7 Å². The van der Waals surface area contributed by atoms with Crippen LogP contribution < -0.4 is 0 Å². The maximum absolute atomic E-state index is 12.5. The zero-order chi connectivity index (χ0) is 20.4. The van der Waals surface area contributed by atoms with Crippen LogP contribution in [0.2, 0.25) is 0 Å². The van der Waals surface area contributed by atoms with E-state index in [-0.39, 0.29) is 0 Å². The van der Waals surface area contributed by atoms with Crippen LogP contribution in [0, 0.1) is 0 Å². The van der Waals surface area contributed by atoms with Crippen molar-refractivity contribution in [3.8, 4) is 11.1 Å². The number of hydrogen-bond acceptors (Lipinski definition) is 4. The standard InChI is InChI=1S/C23H28N2O3S/c1-29(27,28)23-14-19(9-10-22(23)18-6-3-2-4-7-18)20-11-13-24(15-20)16-21-8-5-12-25(21)17-26/h2-4,6-7,9-10,14,17,20-21H,5,8,11-13,15-16H2,1H3/t20?,21-/m0/s1. The van der Waals surface area contributed by atoms with E-state index in [1.165, 1.54) is 6.26 Å². The van der Waals surface area contributed by atoms with E-state index in [2.05, 4.69) is 11.0 Å². The Labute approximate surface area is 173 Å². The predicted octanol–water partition coefficient (Wildman–Crippen LogP) is 3.17. The van der Waals surface area contributed by atoms with Gasteiger partial charge in [-0.1, -0.05) is 42.5 Å². The molecule has 0 spiro atoms. The molecule has 0 aliphatic carbocycles. The molecule has 0 bridgehead atoms. The number of rotatable bonds is 6. The van der Waals surface area contributed by atoms with Crippen molar-refractivity contribution in [3.05, 3.63) is 54.1 Å². The summed E-state index contributed by atoms with van der Waals surface area (Å²) < 4.78 is 25.0. The molecule has 4 rings (SSSR count). The number of benzene rings is 2. The largest absolute Gasteiger partial charge is 0.341 e. The third-order valence-electron chi connectivity index (χ3n) is 6.26. The number of carbonyl (C=O) groups is 1. The van der Waals surface area contributed by atoms with Gasteiger partial charge in [0.2, 0.25) is 6.41 Å². The molecule has 5 nitrogen and oxygen atoms in total. The second-order valence-electron chi connectivity index (χ2n) is 8.28. The summed E-state index contributed by atoms with van der Waals surface area (Å²) in [4.78, 5) is 16.0. The summed E-state index contributed by atoms with van der Waals surface area (Å²) in [5, 5.41) is 0. The van der Waals surface area contributed by atoms with Crippen LogP contribution in [-0.2, 0) is 14.6 Å². The molecule has 0 N–H and O–H groups in total. The normalized spacial score (nSPS) is 22.9. The van der Waals surface area contributed by atoms with Crippen LogP contribution in [0.25, 0.3) is 11.1 Å².